The quantitative estimate of drug-likeness (QED) is 0.902. The van der Waals surface area contributed by atoms with E-state index in [0.717, 1.165) is 5.56 Å². The Morgan fingerprint density at radius 2 is 1.84 bits per heavy atom. The first-order valence-corrected chi connectivity index (χ1v) is 6.39. The Balaban J connectivity index is 2.33. The molecule has 19 heavy (non-hydrogen) atoms. The smallest absolute Gasteiger partial charge is 0.124 e. The van der Waals surface area contributed by atoms with Crippen molar-refractivity contribution < 1.29 is 9.50 Å². The van der Waals surface area contributed by atoms with Crippen molar-refractivity contribution in [2.75, 3.05) is 6.54 Å². The average molecular weight is 280 g/mol. The molecule has 0 aliphatic heterocycles. The van der Waals surface area contributed by atoms with Crippen molar-refractivity contribution in [1.82, 2.24) is 0 Å². The molecule has 0 saturated heterocycles. The van der Waals surface area contributed by atoms with Crippen molar-refractivity contribution in [2.24, 2.45) is 5.73 Å². The number of benzene rings is 2. The number of hydrogen-bond acceptors (Lipinski definition) is 2. The predicted molar refractivity (Wildman–Crippen MR) is 74.6 cm³/mol. The fourth-order valence-corrected chi connectivity index (χ4v) is 2.38. The number of halogens is 2. The van der Waals surface area contributed by atoms with Crippen molar-refractivity contribution in [2.45, 2.75) is 12.0 Å². The molecule has 2 rings (SSSR count). The molecule has 0 saturated carbocycles. The van der Waals surface area contributed by atoms with Gasteiger partial charge in [-0.15, -0.1) is 0 Å². The average Bonchev–Trinajstić information content (AvgIpc) is 2.40. The van der Waals surface area contributed by atoms with Crippen molar-refractivity contribution >= 4 is 11.6 Å². The van der Waals surface area contributed by atoms with Crippen molar-refractivity contribution in [1.29, 1.82) is 0 Å². The predicted octanol–water partition coefficient (Wildman–Crippen LogP) is 3.26. The van der Waals surface area contributed by atoms with Gasteiger partial charge in [0.25, 0.3) is 0 Å². The topological polar surface area (TPSA) is 46.2 Å². The molecular formula is C15H15ClFNO. The lowest BCUT2D eigenvalue weighted by atomic mass is 9.89. The molecule has 2 aromatic rings. The summed E-state index contributed by atoms with van der Waals surface area (Å²) in [5.41, 5.74) is 7.16. The monoisotopic (exact) mass is 279 g/mol. The number of rotatable bonds is 4. The molecule has 2 aromatic carbocycles. The zero-order valence-electron chi connectivity index (χ0n) is 10.3. The van der Waals surface area contributed by atoms with Crippen LogP contribution in [-0.4, -0.2) is 11.7 Å². The van der Waals surface area contributed by atoms with Gasteiger partial charge in [-0.05, 0) is 23.3 Å². The maximum Gasteiger partial charge on any atom is 0.124 e. The van der Waals surface area contributed by atoms with Crippen molar-refractivity contribution in [3.8, 4) is 0 Å². The van der Waals surface area contributed by atoms with E-state index < -0.39 is 11.9 Å². The summed E-state index contributed by atoms with van der Waals surface area (Å²) in [6.45, 7) is 0.277. The Hall–Kier alpha value is -1.42. The van der Waals surface area contributed by atoms with E-state index in [2.05, 4.69) is 0 Å². The van der Waals surface area contributed by atoms with Gasteiger partial charge in [0.05, 0.1) is 6.10 Å². The molecule has 100 valence electrons. The molecule has 0 fully saturated rings. The first kappa shape index (κ1) is 14.0. The van der Waals surface area contributed by atoms with Crippen LogP contribution in [0.25, 0.3) is 0 Å². The number of nitrogens with two attached hydrogens (primary N) is 1. The molecule has 0 heterocycles. The van der Waals surface area contributed by atoms with Crippen LogP contribution in [0.5, 0.6) is 0 Å². The van der Waals surface area contributed by atoms with E-state index in [9.17, 15) is 9.50 Å². The number of hydrogen-bond donors (Lipinski definition) is 2. The Labute approximate surface area is 116 Å². The maximum absolute atomic E-state index is 13.0. The Kier molecular flexibility index (Phi) is 4.53. The van der Waals surface area contributed by atoms with Crippen LogP contribution in [0.2, 0.25) is 5.02 Å². The van der Waals surface area contributed by atoms with Gasteiger partial charge in [0.15, 0.2) is 0 Å². The van der Waals surface area contributed by atoms with E-state index in [4.69, 9.17) is 17.3 Å². The maximum atomic E-state index is 13.0. The summed E-state index contributed by atoms with van der Waals surface area (Å²) < 4.78 is 13.0. The molecule has 0 aliphatic rings. The summed E-state index contributed by atoms with van der Waals surface area (Å²) in [7, 11) is 0. The fraction of sp³-hybridized carbons (Fsp3) is 0.200. The summed E-state index contributed by atoms with van der Waals surface area (Å²) in [6.07, 6.45) is -0.861. The van der Waals surface area contributed by atoms with Crippen LogP contribution in [-0.2, 0) is 0 Å². The lowest BCUT2D eigenvalue weighted by Gasteiger charge is -2.23. The van der Waals surface area contributed by atoms with Gasteiger partial charge in [-0.3, -0.25) is 0 Å². The first-order valence-electron chi connectivity index (χ1n) is 6.01. The van der Waals surface area contributed by atoms with Gasteiger partial charge in [0, 0.05) is 17.5 Å². The lowest BCUT2D eigenvalue weighted by Crippen LogP contribution is -2.20. The normalized spacial score (nSPS) is 14.1. The van der Waals surface area contributed by atoms with Crippen molar-refractivity contribution in [3.05, 3.63) is 70.5 Å². The van der Waals surface area contributed by atoms with Gasteiger partial charge in [-0.25, -0.2) is 4.39 Å². The summed E-state index contributed by atoms with van der Waals surface area (Å²) in [5.74, 6) is -0.700. The minimum atomic E-state index is -0.861. The molecule has 4 heteroatoms. The Bertz CT molecular complexity index is 547. The Morgan fingerprint density at radius 3 is 2.42 bits per heavy atom. The van der Waals surface area contributed by atoms with Crippen LogP contribution < -0.4 is 5.73 Å². The van der Waals surface area contributed by atoms with Crippen LogP contribution in [0.3, 0.4) is 0 Å². The van der Waals surface area contributed by atoms with E-state index in [1.165, 1.54) is 18.2 Å². The molecule has 0 spiro atoms. The summed E-state index contributed by atoms with van der Waals surface area (Å²) in [6, 6.07) is 13.4. The van der Waals surface area contributed by atoms with E-state index in [1.54, 1.807) is 0 Å². The standard InChI is InChI=1S/C15H15ClFNO/c16-14-8-11(17)6-7-12(14)15(19)13(9-18)10-4-2-1-3-5-10/h1-8,13,15,19H,9,18H2. The molecule has 2 atom stereocenters. The van der Waals surface area contributed by atoms with Gasteiger partial charge in [0.2, 0.25) is 0 Å². The lowest BCUT2D eigenvalue weighted by molar-refractivity contribution is 0.147. The second-order valence-corrected chi connectivity index (χ2v) is 4.77. The van der Waals surface area contributed by atoms with Gasteiger partial charge in [-0.2, -0.15) is 0 Å². The van der Waals surface area contributed by atoms with Crippen LogP contribution in [0.1, 0.15) is 23.1 Å². The highest BCUT2D eigenvalue weighted by Gasteiger charge is 2.23. The van der Waals surface area contributed by atoms with Crippen LogP contribution in [0.4, 0.5) is 4.39 Å². The molecule has 3 N–H and O–H groups in total. The molecule has 0 aliphatic carbocycles. The third-order valence-electron chi connectivity index (χ3n) is 3.14. The molecule has 0 radical (unpaired) electrons. The highest BCUT2D eigenvalue weighted by atomic mass is 35.5. The largest absolute Gasteiger partial charge is 0.388 e. The molecule has 0 aromatic heterocycles. The highest BCUT2D eigenvalue weighted by Crippen LogP contribution is 2.34. The van der Waals surface area contributed by atoms with E-state index in [-0.39, 0.29) is 17.5 Å². The van der Waals surface area contributed by atoms with E-state index in [0.29, 0.717) is 5.56 Å². The van der Waals surface area contributed by atoms with Crippen LogP contribution >= 0.6 is 11.6 Å². The van der Waals surface area contributed by atoms with Crippen LogP contribution in [0, 0.1) is 5.82 Å². The fourth-order valence-electron chi connectivity index (χ4n) is 2.11. The first-order chi connectivity index (χ1) is 9.13. The summed E-state index contributed by atoms with van der Waals surface area (Å²) in [5, 5.41) is 10.6. The summed E-state index contributed by atoms with van der Waals surface area (Å²) >= 11 is 5.97. The molecule has 0 bridgehead atoms. The molecular weight excluding hydrogens is 265 g/mol. The molecule has 2 nitrogen and oxygen atoms in total. The number of aliphatic hydroxyl groups excluding tert-OH is 1. The number of aliphatic hydroxyl groups is 1. The molecule has 2 unspecified atom stereocenters. The zero-order valence-corrected chi connectivity index (χ0v) is 11.0. The minimum Gasteiger partial charge on any atom is -0.388 e. The van der Waals surface area contributed by atoms with E-state index >= 15 is 0 Å². The van der Waals surface area contributed by atoms with Gasteiger partial charge in [0.1, 0.15) is 5.82 Å². The van der Waals surface area contributed by atoms with E-state index in [1.807, 2.05) is 30.3 Å². The van der Waals surface area contributed by atoms with Gasteiger partial charge >= 0.3 is 0 Å². The third kappa shape index (κ3) is 3.13. The van der Waals surface area contributed by atoms with Gasteiger partial charge < -0.3 is 10.8 Å². The van der Waals surface area contributed by atoms with Crippen LogP contribution in [0.15, 0.2) is 48.5 Å². The Morgan fingerprint density at radius 1 is 1.16 bits per heavy atom. The second kappa shape index (κ2) is 6.15. The zero-order chi connectivity index (χ0) is 13.8. The van der Waals surface area contributed by atoms with Gasteiger partial charge in [-0.1, -0.05) is 48.0 Å². The highest BCUT2D eigenvalue weighted by molar-refractivity contribution is 6.31. The molecule has 0 amide bonds. The third-order valence-corrected chi connectivity index (χ3v) is 3.47. The van der Waals surface area contributed by atoms with Crippen molar-refractivity contribution in [3.63, 3.8) is 0 Å². The second-order valence-electron chi connectivity index (χ2n) is 4.36. The minimum absolute atomic E-state index is 0.210. The SMILES string of the molecule is NCC(c1ccccc1)C(O)c1ccc(F)cc1Cl. The summed E-state index contributed by atoms with van der Waals surface area (Å²) in [4.78, 5) is 0.